The Labute approximate surface area is 145 Å². The zero-order valence-electron chi connectivity index (χ0n) is 14.5. The van der Waals surface area contributed by atoms with Crippen molar-refractivity contribution in [2.24, 2.45) is 0 Å². The van der Waals surface area contributed by atoms with Gasteiger partial charge in [-0.05, 0) is 50.7 Å². The largest absolute Gasteiger partial charge is 0.361 e. The second-order valence-corrected chi connectivity index (χ2v) is 8.00. The average molecular weight is 358 g/mol. The highest BCUT2D eigenvalue weighted by molar-refractivity contribution is 7.89. The Balaban J connectivity index is 2.86. The van der Waals surface area contributed by atoms with Gasteiger partial charge in [-0.25, -0.2) is 8.42 Å². The molecule has 0 aliphatic heterocycles. The molecule has 0 saturated carbocycles. The molecule has 0 aliphatic rings. The van der Waals surface area contributed by atoms with Gasteiger partial charge in [-0.15, -0.1) is 0 Å². The lowest BCUT2D eigenvalue weighted by atomic mass is 10.1. The summed E-state index contributed by atoms with van der Waals surface area (Å²) in [5.41, 5.74) is 0.983. The monoisotopic (exact) mass is 357 g/mol. The van der Waals surface area contributed by atoms with E-state index in [1.54, 1.807) is 12.1 Å². The van der Waals surface area contributed by atoms with Crippen molar-refractivity contribution in [1.82, 2.24) is 14.9 Å². The summed E-state index contributed by atoms with van der Waals surface area (Å²) in [6.45, 7) is 10.6. The zero-order chi connectivity index (χ0) is 17.6. The van der Waals surface area contributed by atoms with Crippen LogP contribution in [0.15, 0.2) is 29.2 Å². The molecule has 5 nitrogen and oxygen atoms in total. The number of nitrogens with zero attached hydrogens (tertiary/aromatic N) is 1. The molecular formula is C16H27N3O2S2. The van der Waals surface area contributed by atoms with Gasteiger partial charge in [-0.3, -0.25) is 0 Å². The van der Waals surface area contributed by atoms with Gasteiger partial charge in [0.05, 0.1) is 10.9 Å². The molecule has 130 valence electrons. The summed E-state index contributed by atoms with van der Waals surface area (Å²) in [5.74, 6) is 0. The number of nitrogens with one attached hydrogen (secondary N) is 2. The van der Waals surface area contributed by atoms with Gasteiger partial charge in [0.25, 0.3) is 0 Å². The van der Waals surface area contributed by atoms with Crippen LogP contribution in [0.2, 0.25) is 0 Å². The van der Waals surface area contributed by atoms with E-state index >= 15 is 0 Å². The topological polar surface area (TPSA) is 61.4 Å². The predicted molar refractivity (Wildman–Crippen MR) is 99.0 cm³/mol. The first-order valence-electron chi connectivity index (χ1n) is 7.89. The van der Waals surface area contributed by atoms with Crippen LogP contribution in [0.25, 0.3) is 0 Å². The van der Waals surface area contributed by atoms with Crippen molar-refractivity contribution in [2.45, 2.75) is 51.6 Å². The summed E-state index contributed by atoms with van der Waals surface area (Å²) in [5, 5.41) is 6.91. The molecule has 0 unspecified atom stereocenters. The standard InChI is InChI=1S/C16H27N3O2S2/c1-6-19(7-2)23(20,21)15-10-8-14(9-11-15)13(5)18-16(22)17-12(3)4/h8-13H,6-7H2,1-5H3,(H2,17,18,22)/t13-/m0/s1. The molecular weight excluding hydrogens is 330 g/mol. The van der Waals surface area contributed by atoms with Crippen molar-refractivity contribution in [1.29, 1.82) is 0 Å². The second kappa shape index (κ2) is 8.61. The summed E-state index contributed by atoms with van der Waals surface area (Å²) < 4.78 is 26.4. The van der Waals surface area contributed by atoms with Gasteiger partial charge >= 0.3 is 0 Å². The van der Waals surface area contributed by atoms with Gasteiger partial charge in [0, 0.05) is 19.1 Å². The second-order valence-electron chi connectivity index (χ2n) is 5.65. The molecule has 0 spiro atoms. The maximum absolute atomic E-state index is 12.5. The zero-order valence-corrected chi connectivity index (χ0v) is 16.1. The van der Waals surface area contributed by atoms with Crippen LogP contribution in [0.4, 0.5) is 0 Å². The summed E-state index contributed by atoms with van der Waals surface area (Å²) in [6.07, 6.45) is 0. The molecule has 0 amide bonds. The van der Waals surface area contributed by atoms with Crippen LogP contribution < -0.4 is 10.6 Å². The molecule has 0 fully saturated rings. The first-order valence-corrected chi connectivity index (χ1v) is 9.74. The van der Waals surface area contributed by atoms with Crippen LogP contribution in [-0.2, 0) is 10.0 Å². The van der Waals surface area contributed by atoms with Gasteiger partial charge < -0.3 is 10.6 Å². The minimum absolute atomic E-state index is 0.000965. The van der Waals surface area contributed by atoms with E-state index in [1.807, 2.05) is 46.8 Å². The highest BCUT2D eigenvalue weighted by Crippen LogP contribution is 2.19. The molecule has 0 aliphatic carbocycles. The Morgan fingerprint density at radius 3 is 2.04 bits per heavy atom. The highest BCUT2D eigenvalue weighted by atomic mass is 32.2. The summed E-state index contributed by atoms with van der Waals surface area (Å²) in [4.78, 5) is 0.319. The third-order valence-electron chi connectivity index (χ3n) is 3.49. The normalized spacial score (nSPS) is 13.2. The first-order chi connectivity index (χ1) is 10.7. The molecule has 0 heterocycles. The van der Waals surface area contributed by atoms with Crippen molar-refractivity contribution in [2.75, 3.05) is 13.1 Å². The fourth-order valence-corrected chi connectivity index (χ4v) is 4.10. The molecule has 7 heteroatoms. The van der Waals surface area contributed by atoms with Crippen LogP contribution in [0.1, 0.15) is 46.2 Å². The number of sulfonamides is 1. The molecule has 0 bridgehead atoms. The Bertz CT molecular complexity index is 609. The van der Waals surface area contributed by atoms with Gasteiger partial charge in [-0.1, -0.05) is 26.0 Å². The van der Waals surface area contributed by atoms with Gasteiger partial charge in [0.1, 0.15) is 0 Å². The molecule has 1 atom stereocenters. The van der Waals surface area contributed by atoms with Gasteiger partial charge in [0.15, 0.2) is 5.11 Å². The van der Waals surface area contributed by atoms with Crippen molar-refractivity contribution in [3.05, 3.63) is 29.8 Å². The number of hydrogen-bond donors (Lipinski definition) is 2. The Kier molecular flexibility index (Phi) is 7.44. The van der Waals surface area contributed by atoms with E-state index in [2.05, 4.69) is 10.6 Å². The predicted octanol–water partition coefficient (Wildman–Crippen LogP) is 2.65. The van der Waals surface area contributed by atoms with Crippen molar-refractivity contribution in [3.63, 3.8) is 0 Å². The molecule has 1 aromatic carbocycles. The Hall–Kier alpha value is -1.18. The number of rotatable bonds is 7. The SMILES string of the molecule is CCN(CC)S(=O)(=O)c1ccc([C@H](C)NC(=S)NC(C)C)cc1. The maximum atomic E-state index is 12.5. The van der Waals surface area contributed by atoms with Crippen LogP contribution in [0.3, 0.4) is 0 Å². The molecule has 1 aromatic rings. The van der Waals surface area contributed by atoms with Gasteiger partial charge in [0.2, 0.25) is 10.0 Å². The summed E-state index contributed by atoms with van der Waals surface area (Å²) in [7, 11) is -3.41. The minimum Gasteiger partial charge on any atom is -0.361 e. The quantitative estimate of drug-likeness (QED) is 0.735. The Morgan fingerprint density at radius 2 is 1.61 bits per heavy atom. The van der Waals surface area contributed by atoms with Crippen molar-refractivity contribution < 1.29 is 8.42 Å². The number of thiocarbonyl (C=S) groups is 1. The first kappa shape index (κ1) is 19.9. The lowest BCUT2D eigenvalue weighted by Gasteiger charge is -2.20. The van der Waals surface area contributed by atoms with E-state index in [0.29, 0.717) is 23.1 Å². The van der Waals surface area contributed by atoms with E-state index in [4.69, 9.17) is 12.2 Å². The molecule has 1 rings (SSSR count). The molecule has 2 N–H and O–H groups in total. The molecule has 0 radical (unpaired) electrons. The van der Waals surface area contributed by atoms with Crippen LogP contribution in [0, 0.1) is 0 Å². The molecule has 0 saturated heterocycles. The van der Waals surface area contributed by atoms with Crippen LogP contribution >= 0.6 is 12.2 Å². The van der Waals surface area contributed by atoms with Crippen molar-refractivity contribution in [3.8, 4) is 0 Å². The highest BCUT2D eigenvalue weighted by Gasteiger charge is 2.21. The molecule has 0 aromatic heterocycles. The third-order valence-corrected chi connectivity index (χ3v) is 5.79. The average Bonchev–Trinajstić information content (AvgIpc) is 2.47. The summed E-state index contributed by atoms with van der Waals surface area (Å²) >= 11 is 5.23. The van der Waals surface area contributed by atoms with E-state index < -0.39 is 10.0 Å². The van der Waals surface area contributed by atoms with E-state index in [0.717, 1.165) is 5.56 Å². The van der Waals surface area contributed by atoms with E-state index in [9.17, 15) is 8.42 Å². The maximum Gasteiger partial charge on any atom is 0.243 e. The smallest absolute Gasteiger partial charge is 0.243 e. The number of hydrogen-bond acceptors (Lipinski definition) is 3. The fraction of sp³-hybridized carbons (Fsp3) is 0.562. The molecule has 23 heavy (non-hydrogen) atoms. The van der Waals surface area contributed by atoms with E-state index in [1.165, 1.54) is 4.31 Å². The van der Waals surface area contributed by atoms with Crippen LogP contribution in [0.5, 0.6) is 0 Å². The number of benzene rings is 1. The third kappa shape index (κ3) is 5.44. The fourth-order valence-electron chi connectivity index (χ4n) is 2.22. The lowest BCUT2D eigenvalue weighted by molar-refractivity contribution is 0.445. The lowest BCUT2D eigenvalue weighted by Crippen LogP contribution is -2.40. The van der Waals surface area contributed by atoms with Crippen LogP contribution in [-0.4, -0.2) is 37.0 Å². The van der Waals surface area contributed by atoms with Gasteiger partial charge in [-0.2, -0.15) is 4.31 Å². The Morgan fingerprint density at radius 1 is 1.09 bits per heavy atom. The minimum atomic E-state index is -3.41. The van der Waals surface area contributed by atoms with E-state index in [-0.39, 0.29) is 12.1 Å². The van der Waals surface area contributed by atoms with Crippen molar-refractivity contribution >= 4 is 27.4 Å². The summed E-state index contributed by atoms with van der Waals surface area (Å²) in [6, 6.07) is 7.22.